The van der Waals surface area contributed by atoms with Crippen LogP contribution in [0, 0.1) is 13.8 Å². The van der Waals surface area contributed by atoms with Gasteiger partial charge in [-0.05, 0) is 37.1 Å². The Labute approximate surface area is 157 Å². The van der Waals surface area contributed by atoms with E-state index in [1.165, 1.54) is 16.7 Å². The van der Waals surface area contributed by atoms with Crippen LogP contribution in [-0.4, -0.2) is 39.0 Å². The molecule has 1 fully saturated rings. The molecular formula is C20H23N5O2. The Kier molecular flexibility index (Phi) is 3.97. The lowest BCUT2D eigenvalue weighted by atomic mass is 10.1. The second-order valence-electron chi connectivity index (χ2n) is 7.37. The van der Waals surface area contributed by atoms with Gasteiger partial charge >= 0.3 is 0 Å². The smallest absolute Gasteiger partial charge is 0.179 e. The fraction of sp³-hybridized carbons (Fsp3) is 0.450. The lowest BCUT2D eigenvalue weighted by Crippen LogP contribution is -2.39. The molecule has 0 radical (unpaired) electrons. The highest BCUT2D eigenvalue weighted by Gasteiger charge is 2.24. The molecule has 1 saturated heterocycles. The molecule has 0 unspecified atom stereocenters. The Balaban J connectivity index is 1.28. The molecule has 140 valence electrons. The van der Waals surface area contributed by atoms with Crippen LogP contribution in [0.4, 0.5) is 5.82 Å². The van der Waals surface area contributed by atoms with Gasteiger partial charge in [-0.2, -0.15) is 0 Å². The summed E-state index contributed by atoms with van der Waals surface area (Å²) >= 11 is 0. The fourth-order valence-corrected chi connectivity index (χ4v) is 3.96. The minimum Gasteiger partial charge on any atom is -0.490 e. The Morgan fingerprint density at radius 2 is 1.89 bits per heavy atom. The van der Waals surface area contributed by atoms with Gasteiger partial charge in [0.25, 0.3) is 0 Å². The van der Waals surface area contributed by atoms with Crippen molar-refractivity contribution >= 4 is 11.5 Å². The normalized spacial score (nSPS) is 17.5. The van der Waals surface area contributed by atoms with E-state index in [-0.39, 0.29) is 6.10 Å². The first-order valence-electron chi connectivity index (χ1n) is 9.47. The molecule has 27 heavy (non-hydrogen) atoms. The van der Waals surface area contributed by atoms with Crippen LogP contribution in [0.2, 0.25) is 0 Å². The highest BCUT2D eigenvalue weighted by Crippen LogP contribution is 2.29. The lowest BCUT2D eigenvalue weighted by Gasteiger charge is -2.33. The van der Waals surface area contributed by atoms with Crippen LogP contribution in [0.25, 0.3) is 5.65 Å². The molecule has 3 aromatic rings. The molecule has 4 heterocycles. The Morgan fingerprint density at radius 1 is 1.07 bits per heavy atom. The highest BCUT2D eigenvalue weighted by atomic mass is 16.5. The number of aromatic nitrogens is 4. The number of aryl methyl sites for hydroxylation is 1. The summed E-state index contributed by atoms with van der Waals surface area (Å²) < 4.78 is 13.4. The second kappa shape index (κ2) is 6.49. The molecule has 7 nitrogen and oxygen atoms in total. The average molecular weight is 365 g/mol. The molecule has 0 saturated carbocycles. The van der Waals surface area contributed by atoms with Gasteiger partial charge in [-0.25, -0.2) is 4.98 Å². The summed E-state index contributed by atoms with van der Waals surface area (Å²) in [7, 11) is 0. The van der Waals surface area contributed by atoms with Crippen LogP contribution in [0.5, 0.6) is 5.75 Å². The summed E-state index contributed by atoms with van der Waals surface area (Å²) in [5, 5.41) is 8.89. The molecule has 1 aromatic carbocycles. The topological polar surface area (TPSA) is 64.8 Å². The van der Waals surface area contributed by atoms with Gasteiger partial charge in [0.2, 0.25) is 0 Å². The zero-order valence-electron chi connectivity index (χ0n) is 15.7. The summed E-state index contributed by atoms with van der Waals surface area (Å²) in [6.07, 6.45) is 3.74. The molecule has 0 amide bonds. The number of fused-ring (bicyclic) bond motifs is 2. The van der Waals surface area contributed by atoms with Crippen molar-refractivity contribution in [2.75, 3.05) is 18.0 Å². The van der Waals surface area contributed by atoms with Gasteiger partial charge in [0.1, 0.15) is 18.2 Å². The molecule has 0 atom stereocenters. The molecule has 7 heteroatoms. The number of piperidine rings is 1. The average Bonchev–Trinajstić information content (AvgIpc) is 3.34. The number of benzene rings is 1. The van der Waals surface area contributed by atoms with Crippen LogP contribution < -0.4 is 9.64 Å². The largest absolute Gasteiger partial charge is 0.490 e. The summed E-state index contributed by atoms with van der Waals surface area (Å²) in [6.45, 7) is 7.45. The molecule has 5 rings (SSSR count). The van der Waals surface area contributed by atoms with E-state index in [0.717, 1.165) is 55.3 Å². The first kappa shape index (κ1) is 16.5. The Morgan fingerprint density at radius 3 is 2.74 bits per heavy atom. The predicted molar refractivity (Wildman–Crippen MR) is 101 cm³/mol. The van der Waals surface area contributed by atoms with E-state index in [4.69, 9.17) is 9.47 Å². The van der Waals surface area contributed by atoms with Crippen LogP contribution in [0.1, 0.15) is 35.1 Å². The van der Waals surface area contributed by atoms with Crippen LogP contribution in [-0.2, 0) is 18.0 Å². The van der Waals surface area contributed by atoms with Gasteiger partial charge in [0.05, 0.1) is 13.2 Å². The van der Waals surface area contributed by atoms with E-state index < -0.39 is 0 Å². The van der Waals surface area contributed by atoms with Gasteiger partial charge < -0.3 is 14.4 Å². The quantitative estimate of drug-likeness (QED) is 0.711. The lowest BCUT2D eigenvalue weighted by molar-refractivity contribution is 0.134. The van der Waals surface area contributed by atoms with Crippen molar-refractivity contribution in [3.8, 4) is 5.75 Å². The van der Waals surface area contributed by atoms with E-state index in [1.807, 2.05) is 0 Å². The maximum atomic E-state index is 6.25. The number of hydrogen-bond acceptors (Lipinski definition) is 6. The number of nitrogens with zero attached hydrogens (tertiary/aromatic N) is 5. The maximum absolute atomic E-state index is 6.25. The zero-order valence-corrected chi connectivity index (χ0v) is 15.7. The third-order valence-electron chi connectivity index (χ3n) is 5.69. The molecule has 0 spiro atoms. The fourth-order valence-electron chi connectivity index (χ4n) is 3.96. The molecule has 0 bridgehead atoms. The SMILES string of the molecule is Cc1c(N2CCC(Oc3ccc4c(c3)COC4)CC2)nn2ncnc2c1C. The van der Waals surface area contributed by atoms with Gasteiger partial charge in [-0.15, -0.1) is 14.8 Å². The van der Waals surface area contributed by atoms with Crippen LogP contribution in [0.15, 0.2) is 24.5 Å². The van der Waals surface area contributed by atoms with Gasteiger partial charge in [0.15, 0.2) is 11.5 Å². The zero-order chi connectivity index (χ0) is 18.4. The van der Waals surface area contributed by atoms with Crippen molar-refractivity contribution in [1.82, 2.24) is 19.8 Å². The van der Waals surface area contributed by atoms with E-state index in [1.54, 1.807) is 11.0 Å². The summed E-state index contributed by atoms with van der Waals surface area (Å²) in [5.74, 6) is 1.95. The van der Waals surface area contributed by atoms with Crippen molar-refractivity contribution in [3.63, 3.8) is 0 Å². The van der Waals surface area contributed by atoms with E-state index in [9.17, 15) is 0 Å². The number of ether oxygens (including phenoxy) is 2. The first-order valence-corrected chi connectivity index (χ1v) is 9.47. The van der Waals surface area contributed by atoms with E-state index in [0.29, 0.717) is 6.61 Å². The molecule has 2 aliphatic heterocycles. The van der Waals surface area contributed by atoms with Crippen molar-refractivity contribution in [1.29, 1.82) is 0 Å². The minimum atomic E-state index is 0.234. The van der Waals surface area contributed by atoms with Crippen LogP contribution in [0.3, 0.4) is 0 Å². The second-order valence-corrected chi connectivity index (χ2v) is 7.37. The molecule has 2 aromatic heterocycles. The maximum Gasteiger partial charge on any atom is 0.179 e. The number of rotatable bonds is 3. The van der Waals surface area contributed by atoms with Crippen molar-refractivity contribution in [3.05, 3.63) is 46.8 Å². The third kappa shape index (κ3) is 2.92. The van der Waals surface area contributed by atoms with Crippen LogP contribution >= 0.6 is 0 Å². The Hall–Kier alpha value is -2.67. The van der Waals surface area contributed by atoms with Crippen molar-refractivity contribution < 1.29 is 9.47 Å². The molecule has 0 aliphatic carbocycles. The van der Waals surface area contributed by atoms with Gasteiger partial charge in [0, 0.05) is 37.1 Å². The number of hydrogen-bond donors (Lipinski definition) is 0. The van der Waals surface area contributed by atoms with Crippen molar-refractivity contribution in [2.24, 2.45) is 0 Å². The highest BCUT2D eigenvalue weighted by molar-refractivity contribution is 5.58. The van der Waals surface area contributed by atoms with E-state index in [2.05, 4.69) is 52.1 Å². The minimum absolute atomic E-state index is 0.234. The van der Waals surface area contributed by atoms with Gasteiger partial charge in [-0.3, -0.25) is 0 Å². The molecule has 2 aliphatic rings. The third-order valence-corrected chi connectivity index (χ3v) is 5.69. The Bertz CT molecular complexity index is 991. The predicted octanol–water partition coefficient (Wildman–Crippen LogP) is 2.82. The summed E-state index contributed by atoms with van der Waals surface area (Å²) in [4.78, 5) is 6.62. The van der Waals surface area contributed by atoms with Gasteiger partial charge in [-0.1, -0.05) is 6.07 Å². The monoisotopic (exact) mass is 365 g/mol. The summed E-state index contributed by atoms with van der Waals surface area (Å²) in [5.41, 5.74) is 5.67. The first-order chi connectivity index (χ1) is 13.2. The summed E-state index contributed by atoms with van der Waals surface area (Å²) in [6, 6.07) is 6.31. The van der Waals surface area contributed by atoms with E-state index >= 15 is 0 Å². The standard InChI is InChI=1S/C20H23N5O2/c1-13-14(2)20(23-25-19(13)21-12-22-25)24-7-5-17(6-8-24)27-18-4-3-15-10-26-11-16(15)9-18/h3-4,9,12,17H,5-8,10-11H2,1-2H3. The van der Waals surface area contributed by atoms with Crippen molar-refractivity contribution in [2.45, 2.75) is 46.0 Å². The molecular weight excluding hydrogens is 342 g/mol. The molecule has 0 N–H and O–H groups in total. The number of anilines is 1.